The Bertz CT molecular complexity index is 383. The first-order chi connectivity index (χ1) is 6.79. The summed E-state index contributed by atoms with van der Waals surface area (Å²) < 4.78 is 13.5. The Balaban J connectivity index is 2.99. The number of thioether (sulfide) groups is 1. The molecule has 0 heterocycles. The van der Waals surface area contributed by atoms with Crippen LogP contribution in [-0.2, 0) is 0 Å². The van der Waals surface area contributed by atoms with Gasteiger partial charge in [-0.3, -0.25) is 5.41 Å². The van der Waals surface area contributed by atoms with E-state index in [4.69, 9.17) is 11.1 Å². The van der Waals surface area contributed by atoms with Gasteiger partial charge in [0.2, 0.25) is 0 Å². The van der Waals surface area contributed by atoms with Crippen molar-refractivity contribution in [2.24, 2.45) is 5.73 Å². The molecule has 4 heteroatoms. The van der Waals surface area contributed by atoms with Gasteiger partial charge in [-0.25, -0.2) is 4.39 Å². The number of nitrogens with two attached hydrogens (primary N) is 1. The second-order valence-corrected chi connectivity index (χ2v) is 6.14. The number of hydrogen-bond acceptors (Lipinski definition) is 2. The predicted molar refractivity (Wildman–Crippen MR) is 63.0 cm³/mol. The van der Waals surface area contributed by atoms with Gasteiger partial charge in [0.15, 0.2) is 0 Å². The van der Waals surface area contributed by atoms with E-state index in [1.807, 2.05) is 20.8 Å². The van der Waals surface area contributed by atoms with Gasteiger partial charge in [0, 0.05) is 15.2 Å². The van der Waals surface area contributed by atoms with Crippen LogP contribution in [0.25, 0.3) is 0 Å². The van der Waals surface area contributed by atoms with Crippen LogP contribution in [0.3, 0.4) is 0 Å². The molecule has 0 spiro atoms. The Kier molecular flexibility index (Phi) is 3.39. The summed E-state index contributed by atoms with van der Waals surface area (Å²) in [6, 6.07) is 4.64. The molecular formula is C11H15FN2S. The molecular weight excluding hydrogens is 211 g/mol. The van der Waals surface area contributed by atoms with Gasteiger partial charge in [-0.1, -0.05) is 20.8 Å². The largest absolute Gasteiger partial charge is 0.384 e. The Morgan fingerprint density at radius 3 is 2.40 bits per heavy atom. The van der Waals surface area contributed by atoms with E-state index < -0.39 is 0 Å². The molecule has 82 valence electrons. The second kappa shape index (κ2) is 4.23. The van der Waals surface area contributed by atoms with Gasteiger partial charge in [0.1, 0.15) is 11.7 Å². The molecule has 1 aromatic rings. The van der Waals surface area contributed by atoms with Crippen molar-refractivity contribution in [2.45, 2.75) is 30.4 Å². The first kappa shape index (κ1) is 12.0. The lowest BCUT2D eigenvalue weighted by Gasteiger charge is -2.18. The maximum Gasteiger partial charge on any atom is 0.137 e. The minimum atomic E-state index is -0.317. The van der Waals surface area contributed by atoms with Crippen LogP contribution in [0.2, 0.25) is 0 Å². The fourth-order valence-electron chi connectivity index (χ4n) is 1.08. The first-order valence-corrected chi connectivity index (χ1v) is 5.44. The van der Waals surface area contributed by atoms with E-state index >= 15 is 0 Å². The summed E-state index contributed by atoms with van der Waals surface area (Å²) >= 11 is 1.46. The summed E-state index contributed by atoms with van der Waals surface area (Å²) in [6.07, 6.45) is 0. The maximum absolute atomic E-state index is 13.6. The molecule has 0 unspecified atom stereocenters. The molecule has 15 heavy (non-hydrogen) atoms. The number of rotatable bonds is 2. The molecule has 0 aliphatic rings. The molecule has 0 aliphatic carbocycles. The maximum atomic E-state index is 13.6. The Hall–Kier alpha value is -1.03. The summed E-state index contributed by atoms with van der Waals surface area (Å²) in [4.78, 5) is 0.590. The third-order valence-corrected chi connectivity index (χ3v) is 2.82. The zero-order valence-electron chi connectivity index (χ0n) is 9.10. The standard InChI is InChI=1S/C11H15FN2S/c1-11(2,3)15-9-5-4-7(10(13)14)6-8(9)12/h4-6H,1-3H3,(H3,13,14). The van der Waals surface area contributed by atoms with Crippen LogP contribution in [0.1, 0.15) is 26.3 Å². The molecule has 0 aromatic heterocycles. The van der Waals surface area contributed by atoms with Crippen molar-refractivity contribution in [1.82, 2.24) is 0 Å². The topological polar surface area (TPSA) is 49.9 Å². The summed E-state index contributed by atoms with van der Waals surface area (Å²) in [6.45, 7) is 6.07. The van der Waals surface area contributed by atoms with Crippen molar-refractivity contribution in [3.05, 3.63) is 29.6 Å². The van der Waals surface area contributed by atoms with E-state index in [2.05, 4.69) is 0 Å². The number of halogens is 1. The van der Waals surface area contributed by atoms with Crippen LogP contribution < -0.4 is 5.73 Å². The summed E-state index contributed by atoms with van der Waals surface area (Å²) in [5, 5.41) is 7.19. The quantitative estimate of drug-likeness (QED) is 0.462. The van der Waals surface area contributed by atoms with Crippen molar-refractivity contribution in [3.63, 3.8) is 0 Å². The van der Waals surface area contributed by atoms with Gasteiger partial charge >= 0.3 is 0 Å². The highest BCUT2D eigenvalue weighted by Gasteiger charge is 2.15. The van der Waals surface area contributed by atoms with Gasteiger partial charge < -0.3 is 5.73 Å². The highest BCUT2D eigenvalue weighted by Crippen LogP contribution is 2.33. The van der Waals surface area contributed by atoms with Gasteiger partial charge in [-0.05, 0) is 18.2 Å². The van der Waals surface area contributed by atoms with E-state index in [0.29, 0.717) is 10.5 Å². The monoisotopic (exact) mass is 226 g/mol. The van der Waals surface area contributed by atoms with Crippen molar-refractivity contribution in [3.8, 4) is 0 Å². The van der Waals surface area contributed by atoms with Crippen molar-refractivity contribution >= 4 is 17.6 Å². The molecule has 0 saturated heterocycles. The lowest BCUT2D eigenvalue weighted by Crippen LogP contribution is -2.12. The number of hydrogen-bond donors (Lipinski definition) is 2. The lowest BCUT2D eigenvalue weighted by molar-refractivity contribution is 0.600. The van der Waals surface area contributed by atoms with Crippen LogP contribution >= 0.6 is 11.8 Å². The molecule has 0 radical (unpaired) electrons. The van der Waals surface area contributed by atoms with Gasteiger partial charge in [0.05, 0.1) is 0 Å². The first-order valence-electron chi connectivity index (χ1n) is 4.62. The van der Waals surface area contributed by atoms with Crippen molar-refractivity contribution < 1.29 is 4.39 Å². The zero-order chi connectivity index (χ0) is 11.6. The molecule has 0 amide bonds. The van der Waals surface area contributed by atoms with E-state index in [9.17, 15) is 4.39 Å². The Labute approximate surface area is 93.6 Å². The molecule has 0 fully saturated rings. The molecule has 1 rings (SSSR count). The van der Waals surface area contributed by atoms with Gasteiger partial charge in [-0.15, -0.1) is 11.8 Å². The molecule has 3 N–H and O–H groups in total. The molecule has 1 aromatic carbocycles. The van der Waals surface area contributed by atoms with E-state index in [0.717, 1.165) is 0 Å². The Morgan fingerprint density at radius 1 is 1.40 bits per heavy atom. The SMILES string of the molecule is CC(C)(C)Sc1ccc(C(=N)N)cc1F. The highest BCUT2D eigenvalue weighted by molar-refractivity contribution is 8.00. The predicted octanol–water partition coefficient (Wildman–Crippen LogP) is 3.00. The van der Waals surface area contributed by atoms with Crippen molar-refractivity contribution in [2.75, 3.05) is 0 Å². The second-order valence-electron chi connectivity index (χ2n) is 4.27. The van der Waals surface area contributed by atoms with E-state index in [1.165, 1.54) is 17.8 Å². The highest BCUT2D eigenvalue weighted by atomic mass is 32.2. The summed E-state index contributed by atoms with van der Waals surface area (Å²) in [7, 11) is 0. The van der Waals surface area contributed by atoms with Gasteiger partial charge in [-0.2, -0.15) is 0 Å². The zero-order valence-corrected chi connectivity index (χ0v) is 9.91. The number of nitrogen functional groups attached to an aromatic ring is 1. The van der Waals surface area contributed by atoms with Crippen LogP contribution in [-0.4, -0.2) is 10.6 Å². The van der Waals surface area contributed by atoms with E-state index in [1.54, 1.807) is 12.1 Å². The lowest BCUT2D eigenvalue weighted by atomic mass is 10.2. The fraction of sp³-hybridized carbons (Fsp3) is 0.364. The number of benzene rings is 1. The summed E-state index contributed by atoms with van der Waals surface area (Å²) in [5.74, 6) is -0.427. The third-order valence-electron chi connectivity index (χ3n) is 1.66. The molecule has 0 atom stereocenters. The van der Waals surface area contributed by atoms with E-state index in [-0.39, 0.29) is 16.4 Å². The molecule has 0 saturated carbocycles. The smallest absolute Gasteiger partial charge is 0.137 e. The Morgan fingerprint density at radius 2 is 2.00 bits per heavy atom. The molecule has 0 aliphatic heterocycles. The normalized spacial score (nSPS) is 11.5. The van der Waals surface area contributed by atoms with Gasteiger partial charge in [0.25, 0.3) is 0 Å². The van der Waals surface area contributed by atoms with Crippen LogP contribution in [0, 0.1) is 11.2 Å². The minimum absolute atomic E-state index is 0.0292. The van der Waals surface area contributed by atoms with Crippen LogP contribution in [0.4, 0.5) is 4.39 Å². The molecule has 2 nitrogen and oxygen atoms in total. The molecule has 0 bridgehead atoms. The van der Waals surface area contributed by atoms with Crippen LogP contribution in [0.15, 0.2) is 23.1 Å². The summed E-state index contributed by atoms with van der Waals surface area (Å²) in [5.41, 5.74) is 5.69. The number of nitrogens with one attached hydrogen (secondary N) is 1. The average molecular weight is 226 g/mol. The number of amidine groups is 1. The van der Waals surface area contributed by atoms with Crippen LogP contribution in [0.5, 0.6) is 0 Å². The van der Waals surface area contributed by atoms with Crippen molar-refractivity contribution in [1.29, 1.82) is 5.41 Å². The average Bonchev–Trinajstić information content (AvgIpc) is 2.05. The third kappa shape index (κ3) is 3.55. The fourth-order valence-corrected chi connectivity index (χ4v) is 2.03. The minimum Gasteiger partial charge on any atom is -0.384 e.